The van der Waals surface area contributed by atoms with Gasteiger partial charge in [0.1, 0.15) is 0 Å². The molecule has 0 saturated heterocycles. The van der Waals surface area contributed by atoms with Gasteiger partial charge >= 0.3 is 0 Å². The Morgan fingerprint density at radius 2 is 2.29 bits per heavy atom. The lowest BCUT2D eigenvalue weighted by Crippen LogP contribution is -2.30. The van der Waals surface area contributed by atoms with Gasteiger partial charge in [-0.05, 0) is 37.6 Å². The van der Waals surface area contributed by atoms with Crippen LogP contribution in [0.4, 0.5) is 0 Å². The lowest BCUT2D eigenvalue weighted by molar-refractivity contribution is 0.321. The third-order valence-corrected chi connectivity index (χ3v) is 3.20. The van der Waals surface area contributed by atoms with Gasteiger partial charge in [0.25, 0.3) is 0 Å². The van der Waals surface area contributed by atoms with Crippen LogP contribution >= 0.6 is 0 Å². The molecule has 90 valence electrons. The molecule has 0 heterocycles. The maximum absolute atomic E-state index is 8.80. The van der Waals surface area contributed by atoms with E-state index in [9.17, 15) is 0 Å². The van der Waals surface area contributed by atoms with Crippen molar-refractivity contribution in [3.63, 3.8) is 0 Å². The van der Waals surface area contributed by atoms with Crippen molar-refractivity contribution in [1.29, 1.82) is 5.26 Å². The summed E-state index contributed by atoms with van der Waals surface area (Å²) >= 11 is 0. The molecule has 0 unspecified atom stereocenters. The highest BCUT2D eigenvalue weighted by Crippen LogP contribution is 2.24. The molecule has 17 heavy (non-hydrogen) atoms. The van der Waals surface area contributed by atoms with E-state index in [2.05, 4.69) is 29.4 Å². The molecular weight excluding hydrogens is 210 g/mol. The monoisotopic (exact) mass is 229 g/mol. The quantitative estimate of drug-likeness (QED) is 0.755. The molecule has 1 aromatic rings. The lowest BCUT2D eigenvalue weighted by atomic mass is 10.1. The van der Waals surface area contributed by atoms with Crippen LogP contribution in [0.3, 0.4) is 0 Å². The van der Waals surface area contributed by atoms with Crippen molar-refractivity contribution in [1.82, 2.24) is 10.2 Å². The molecule has 1 aliphatic rings. The summed E-state index contributed by atoms with van der Waals surface area (Å²) in [6, 6.07) is 10.8. The number of likely N-dealkylation sites (N-methyl/N-ethyl adjacent to an activating group) is 1. The average molecular weight is 229 g/mol. The SMILES string of the molecule is CN(CCNCc1cccc(C#N)c1)C1CC1. The molecule has 0 amide bonds. The molecule has 2 rings (SSSR count). The molecule has 0 radical (unpaired) electrons. The van der Waals surface area contributed by atoms with Crippen molar-refractivity contribution in [3.8, 4) is 6.07 Å². The summed E-state index contributed by atoms with van der Waals surface area (Å²) in [6.07, 6.45) is 2.72. The molecule has 3 nitrogen and oxygen atoms in total. The Balaban J connectivity index is 1.68. The molecular formula is C14H19N3. The summed E-state index contributed by atoms with van der Waals surface area (Å²) in [5.74, 6) is 0. The summed E-state index contributed by atoms with van der Waals surface area (Å²) in [5, 5.41) is 12.2. The van der Waals surface area contributed by atoms with E-state index < -0.39 is 0 Å². The normalized spacial score (nSPS) is 14.9. The van der Waals surface area contributed by atoms with E-state index in [0.717, 1.165) is 31.2 Å². The van der Waals surface area contributed by atoms with Crippen molar-refractivity contribution >= 4 is 0 Å². The second-order valence-electron chi connectivity index (χ2n) is 4.70. The Bertz CT molecular complexity index is 404. The zero-order valence-electron chi connectivity index (χ0n) is 10.3. The van der Waals surface area contributed by atoms with Crippen LogP contribution in [0.1, 0.15) is 24.0 Å². The minimum atomic E-state index is 0.736. The number of hydrogen-bond acceptors (Lipinski definition) is 3. The lowest BCUT2D eigenvalue weighted by Gasteiger charge is -2.15. The first-order chi connectivity index (χ1) is 8.29. The maximum Gasteiger partial charge on any atom is 0.0991 e. The fourth-order valence-corrected chi connectivity index (χ4v) is 1.94. The highest BCUT2D eigenvalue weighted by molar-refractivity contribution is 5.32. The highest BCUT2D eigenvalue weighted by atomic mass is 15.2. The Morgan fingerprint density at radius 1 is 1.47 bits per heavy atom. The van der Waals surface area contributed by atoms with Crippen LogP contribution in [0, 0.1) is 11.3 Å². The van der Waals surface area contributed by atoms with E-state index in [1.165, 1.54) is 18.4 Å². The van der Waals surface area contributed by atoms with Gasteiger partial charge in [-0.15, -0.1) is 0 Å². The van der Waals surface area contributed by atoms with E-state index in [4.69, 9.17) is 5.26 Å². The Labute approximate surface area is 103 Å². The van der Waals surface area contributed by atoms with Crippen LogP contribution in [-0.4, -0.2) is 31.1 Å². The third kappa shape index (κ3) is 3.85. The summed E-state index contributed by atoms with van der Waals surface area (Å²) < 4.78 is 0. The summed E-state index contributed by atoms with van der Waals surface area (Å²) in [7, 11) is 2.19. The van der Waals surface area contributed by atoms with Gasteiger partial charge in [0.05, 0.1) is 11.6 Å². The zero-order chi connectivity index (χ0) is 12.1. The van der Waals surface area contributed by atoms with Gasteiger partial charge < -0.3 is 10.2 Å². The molecule has 0 spiro atoms. The van der Waals surface area contributed by atoms with Crippen LogP contribution in [0.2, 0.25) is 0 Å². The van der Waals surface area contributed by atoms with Gasteiger partial charge in [0.15, 0.2) is 0 Å². The van der Waals surface area contributed by atoms with Crippen molar-refractivity contribution in [2.45, 2.75) is 25.4 Å². The second-order valence-corrected chi connectivity index (χ2v) is 4.70. The minimum absolute atomic E-state index is 0.736. The van der Waals surface area contributed by atoms with Crippen molar-refractivity contribution < 1.29 is 0 Å². The van der Waals surface area contributed by atoms with Gasteiger partial charge in [-0.2, -0.15) is 5.26 Å². The predicted molar refractivity (Wildman–Crippen MR) is 68.5 cm³/mol. The van der Waals surface area contributed by atoms with Crippen LogP contribution < -0.4 is 5.32 Å². The van der Waals surface area contributed by atoms with E-state index in [0.29, 0.717) is 0 Å². The molecule has 1 saturated carbocycles. The van der Waals surface area contributed by atoms with Gasteiger partial charge in [-0.25, -0.2) is 0 Å². The van der Waals surface area contributed by atoms with Gasteiger partial charge in [0.2, 0.25) is 0 Å². The summed E-state index contributed by atoms with van der Waals surface area (Å²) in [6.45, 7) is 2.94. The predicted octanol–water partition coefficient (Wildman–Crippen LogP) is 1.74. The van der Waals surface area contributed by atoms with Crippen LogP contribution in [0.15, 0.2) is 24.3 Å². The average Bonchev–Trinajstić information content (AvgIpc) is 3.19. The van der Waals surface area contributed by atoms with E-state index in [-0.39, 0.29) is 0 Å². The van der Waals surface area contributed by atoms with Gasteiger partial charge in [0, 0.05) is 25.7 Å². The van der Waals surface area contributed by atoms with Crippen molar-refractivity contribution in [2.75, 3.05) is 20.1 Å². The number of rotatable bonds is 6. The molecule has 0 bridgehead atoms. The molecule has 1 aromatic carbocycles. The van der Waals surface area contributed by atoms with Crippen LogP contribution in [0.5, 0.6) is 0 Å². The largest absolute Gasteiger partial charge is 0.311 e. The van der Waals surface area contributed by atoms with E-state index in [1.54, 1.807) is 0 Å². The fourth-order valence-electron chi connectivity index (χ4n) is 1.94. The van der Waals surface area contributed by atoms with Crippen molar-refractivity contribution in [2.24, 2.45) is 0 Å². The summed E-state index contributed by atoms with van der Waals surface area (Å²) in [5.41, 5.74) is 1.91. The number of nitrogens with zero attached hydrogens (tertiary/aromatic N) is 2. The van der Waals surface area contributed by atoms with E-state index in [1.807, 2.05) is 18.2 Å². The molecule has 1 fully saturated rings. The minimum Gasteiger partial charge on any atom is -0.311 e. The van der Waals surface area contributed by atoms with Crippen molar-refractivity contribution in [3.05, 3.63) is 35.4 Å². The molecule has 0 atom stereocenters. The first-order valence-electron chi connectivity index (χ1n) is 6.19. The number of benzene rings is 1. The zero-order valence-corrected chi connectivity index (χ0v) is 10.3. The molecule has 1 N–H and O–H groups in total. The van der Waals surface area contributed by atoms with E-state index >= 15 is 0 Å². The molecule has 0 aromatic heterocycles. The third-order valence-electron chi connectivity index (χ3n) is 3.20. The molecule has 1 aliphatic carbocycles. The van der Waals surface area contributed by atoms with Gasteiger partial charge in [-0.3, -0.25) is 0 Å². The number of hydrogen-bond donors (Lipinski definition) is 1. The Kier molecular flexibility index (Phi) is 4.13. The smallest absolute Gasteiger partial charge is 0.0991 e. The molecule has 0 aliphatic heterocycles. The highest BCUT2D eigenvalue weighted by Gasteiger charge is 2.25. The topological polar surface area (TPSA) is 39.1 Å². The number of nitrogens with one attached hydrogen (secondary N) is 1. The fraction of sp³-hybridized carbons (Fsp3) is 0.500. The number of nitriles is 1. The Hall–Kier alpha value is -1.37. The standard InChI is InChI=1S/C14H19N3/c1-17(14-5-6-14)8-7-16-11-13-4-2-3-12(9-13)10-15/h2-4,9,14,16H,5-8,11H2,1H3. The first-order valence-corrected chi connectivity index (χ1v) is 6.19. The van der Waals surface area contributed by atoms with Gasteiger partial charge in [-0.1, -0.05) is 12.1 Å². The maximum atomic E-state index is 8.80. The van der Waals surface area contributed by atoms with Crippen LogP contribution in [-0.2, 0) is 6.54 Å². The molecule has 3 heteroatoms. The second kappa shape index (κ2) is 5.81. The summed E-state index contributed by atoms with van der Waals surface area (Å²) in [4.78, 5) is 2.42. The first kappa shape index (κ1) is 12.1. The van der Waals surface area contributed by atoms with Crippen LogP contribution in [0.25, 0.3) is 0 Å². The Morgan fingerprint density at radius 3 is 3.00 bits per heavy atom.